The average molecular weight is 378 g/mol. The van der Waals surface area contributed by atoms with E-state index in [-0.39, 0.29) is 17.2 Å². The Kier molecular flexibility index (Phi) is 5.96. The standard InChI is InChI=1S/C18H23N3O2S2/c1-3-9-19-14(22)11-24-18-20-16-15(17(23)21(18)10-4-2)12-7-5-6-8-13(12)25-16/h4H,2-3,5-11H2,1H3,(H,19,22). The zero-order valence-electron chi connectivity index (χ0n) is 14.5. The van der Waals surface area contributed by atoms with Gasteiger partial charge in [-0.1, -0.05) is 24.8 Å². The van der Waals surface area contributed by atoms with Crippen molar-refractivity contribution in [3.05, 3.63) is 33.4 Å². The van der Waals surface area contributed by atoms with Crippen LogP contribution < -0.4 is 10.9 Å². The van der Waals surface area contributed by atoms with E-state index < -0.39 is 0 Å². The van der Waals surface area contributed by atoms with Crippen molar-refractivity contribution < 1.29 is 4.79 Å². The van der Waals surface area contributed by atoms with Gasteiger partial charge in [-0.05, 0) is 37.7 Å². The largest absolute Gasteiger partial charge is 0.355 e. The average Bonchev–Trinajstić information content (AvgIpc) is 2.99. The first-order chi connectivity index (χ1) is 12.2. The van der Waals surface area contributed by atoms with E-state index in [0.717, 1.165) is 35.9 Å². The van der Waals surface area contributed by atoms with E-state index in [2.05, 4.69) is 11.9 Å². The van der Waals surface area contributed by atoms with E-state index in [9.17, 15) is 9.59 Å². The smallest absolute Gasteiger partial charge is 0.263 e. The predicted molar refractivity (Wildman–Crippen MR) is 105 cm³/mol. The van der Waals surface area contributed by atoms with Crippen molar-refractivity contribution in [2.45, 2.75) is 50.7 Å². The second-order valence-electron chi connectivity index (χ2n) is 6.13. The monoisotopic (exact) mass is 377 g/mol. The molecule has 25 heavy (non-hydrogen) atoms. The Morgan fingerprint density at radius 2 is 2.24 bits per heavy atom. The van der Waals surface area contributed by atoms with Gasteiger partial charge in [0, 0.05) is 18.0 Å². The van der Waals surface area contributed by atoms with Crippen LogP contribution in [0.5, 0.6) is 0 Å². The summed E-state index contributed by atoms with van der Waals surface area (Å²) in [6, 6.07) is 0. The number of hydrogen-bond donors (Lipinski definition) is 1. The third kappa shape index (κ3) is 3.82. The molecule has 0 unspecified atom stereocenters. The topological polar surface area (TPSA) is 64.0 Å². The number of aromatic nitrogens is 2. The molecule has 0 saturated heterocycles. The van der Waals surface area contributed by atoms with Crippen LogP contribution in [-0.4, -0.2) is 27.8 Å². The van der Waals surface area contributed by atoms with E-state index in [1.165, 1.54) is 28.6 Å². The minimum atomic E-state index is -0.0307. The molecule has 7 heteroatoms. The fourth-order valence-electron chi connectivity index (χ4n) is 3.07. The summed E-state index contributed by atoms with van der Waals surface area (Å²) in [5.74, 6) is 0.233. The lowest BCUT2D eigenvalue weighted by atomic mass is 9.97. The number of aryl methyl sites for hydroxylation is 2. The molecule has 2 aromatic heterocycles. The van der Waals surface area contributed by atoms with Gasteiger partial charge in [0.2, 0.25) is 5.91 Å². The quantitative estimate of drug-likeness (QED) is 0.457. The van der Waals surface area contributed by atoms with E-state index in [1.54, 1.807) is 22.0 Å². The normalized spacial score (nSPS) is 13.6. The van der Waals surface area contributed by atoms with Crippen LogP contribution in [0.1, 0.15) is 36.6 Å². The number of nitrogens with zero attached hydrogens (tertiary/aromatic N) is 2. The Balaban J connectivity index is 1.97. The van der Waals surface area contributed by atoms with Crippen LogP contribution in [-0.2, 0) is 24.2 Å². The number of rotatable bonds is 7. The molecule has 0 bridgehead atoms. The zero-order valence-corrected chi connectivity index (χ0v) is 16.1. The Hall–Kier alpha value is -1.60. The number of thioether (sulfide) groups is 1. The molecule has 0 spiro atoms. The maximum atomic E-state index is 13.1. The molecule has 0 aromatic carbocycles. The molecule has 2 heterocycles. The van der Waals surface area contributed by atoms with Crippen LogP contribution in [0.15, 0.2) is 22.6 Å². The molecule has 0 fully saturated rings. The predicted octanol–water partition coefficient (Wildman–Crippen LogP) is 3.14. The Morgan fingerprint density at radius 1 is 1.44 bits per heavy atom. The first kappa shape index (κ1) is 18.2. The van der Waals surface area contributed by atoms with E-state index in [1.807, 2.05) is 6.92 Å². The van der Waals surface area contributed by atoms with Crippen LogP contribution in [0.4, 0.5) is 0 Å². The maximum absolute atomic E-state index is 13.1. The highest BCUT2D eigenvalue weighted by atomic mass is 32.2. The van der Waals surface area contributed by atoms with Gasteiger partial charge in [-0.3, -0.25) is 14.2 Å². The van der Waals surface area contributed by atoms with Crippen molar-refractivity contribution in [2.24, 2.45) is 0 Å². The molecule has 3 rings (SSSR count). The lowest BCUT2D eigenvalue weighted by Gasteiger charge is -2.12. The summed E-state index contributed by atoms with van der Waals surface area (Å²) in [6.07, 6.45) is 6.93. The van der Waals surface area contributed by atoms with Crippen molar-refractivity contribution in [2.75, 3.05) is 12.3 Å². The molecular formula is C18H23N3O2S2. The number of nitrogens with one attached hydrogen (secondary N) is 1. The fourth-order valence-corrected chi connectivity index (χ4v) is 5.21. The first-order valence-electron chi connectivity index (χ1n) is 8.71. The van der Waals surface area contributed by atoms with Crippen LogP contribution in [0.3, 0.4) is 0 Å². The molecule has 0 aliphatic heterocycles. The van der Waals surface area contributed by atoms with Gasteiger partial charge in [-0.15, -0.1) is 17.9 Å². The second-order valence-corrected chi connectivity index (χ2v) is 8.15. The summed E-state index contributed by atoms with van der Waals surface area (Å²) >= 11 is 2.96. The Bertz CT molecular complexity index is 854. The molecule has 1 N–H and O–H groups in total. The number of fused-ring (bicyclic) bond motifs is 3. The molecular weight excluding hydrogens is 354 g/mol. The SMILES string of the molecule is C=CCn1c(SCC(=O)NCCC)nc2sc3c(c2c1=O)CCCC3. The Morgan fingerprint density at radius 3 is 3.00 bits per heavy atom. The summed E-state index contributed by atoms with van der Waals surface area (Å²) in [6.45, 7) is 6.85. The number of amides is 1. The minimum absolute atomic E-state index is 0.000710. The van der Waals surface area contributed by atoms with E-state index in [0.29, 0.717) is 18.2 Å². The lowest BCUT2D eigenvalue weighted by Crippen LogP contribution is -2.27. The molecule has 134 valence electrons. The number of allylic oxidation sites excluding steroid dienone is 1. The molecule has 1 amide bonds. The molecule has 0 radical (unpaired) electrons. The van der Waals surface area contributed by atoms with Gasteiger partial charge in [0.05, 0.1) is 11.1 Å². The van der Waals surface area contributed by atoms with Crippen molar-refractivity contribution in [1.29, 1.82) is 0 Å². The van der Waals surface area contributed by atoms with Gasteiger partial charge >= 0.3 is 0 Å². The molecule has 0 saturated carbocycles. The van der Waals surface area contributed by atoms with E-state index >= 15 is 0 Å². The van der Waals surface area contributed by atoms with E-state index in [4.69, 9.17) is 4.98 Å². The Labute approximate surface area is 155 Å². The molecule has 2 aromatic rings. The number of carbonyl (C=O) groups excluding carboxylic acids is 1. The number of carbonyl (C=O) groups is 1. The van der Waals surface area contributed by atoms with Crippen molar-refractivity contribution in [3.63, 3.8) is 0 Å². The molecule has 1 aliphatic rings. The van der Waals surface area contributed by atoms with Gasteiger partial charge < -0.3 is 5.32 Å². The zero-order chi connectivity index (χ0) is 17.8. The van der Waals surface area contributed by atoms with Gasteiger partial charge in [0.25, 0.3) is 5.56 Å². The number of hydrogen-bond acceptors (Lipinski definition) is 5. The minimum Gasteiger partial charge on any atom is -0.355 e. The van der Waals surface area contributed by atoms with Gasteiger partial charge in [0.1, 0.15) is 4.83 Å². The van der Waals surface area contributed by atoms with Crippen molar-refractivity contribution >= 4 is 39.2 Å². The summed E-state index contributed by atoms with van der Waals surface area (Å²) in [5, 5.41) is 4.23. The molecule has 0 atom stereocenters. The third-order valence-corrected chi connectivity index (χ3v) is 6.42. The van der Waals surface area contributed by atoms with Crippen molar-refractivity contribution in [3.8, 4) is 0 Å². The van der Waals surface area contributed by atoms with Crippen molar-refractivity contribution in [1.82, 2.24) is 14.9 Å². The summed E-state index contributed by atoms with van der Waals surface area (Å²) in [4.78, 5) is 31.8. The number of thiophene rings is 1. The lowest BCUT2D eigenvalue weighted by molar-refractivity contribution is -0.118. The summed E-state index contributed by atoms with van der Waals surface area (Å²) < 4.78 is 1.65. The molecule has 5 nitrogen and oxygen atoms in total. The highest BCUT2D eigenvalue weighted by Crippen LogP contribution is 2.34. The third-order valence-electron chi connectivity index (χ3n) is 4.26. The second kappa shape index (κ2) is 8.19. The molecule has 1 aliphatic carbocycles. The summed E-state index contributed by atoms with van der Waals surface area (Å²) in [5.41, 5.74) is 1.19. The van der Waals surface area contributed by atoms with Crippen LogP contribution in [0.2, 0.25) is 0 Å². The maximum Gasteiger partial charge on any atom is 0.263 e. The van der Waals surface area contributed by atoms with Gasteiger partial charge in [-0.25, -0.2) is 4.98 Å². The van der Waals surface area contributed by atoms with Gasteiger partial charge in [0.15, 0.2) is 5.16 Å². The highest BCUT2D eigenvalue weighted by molar-refractivity contribution is 7.99. The van der Waals surface area contributed by atoms with Gasteiger partial charge in [-0.2, -0.15) is 0 Å². The summed E-state index contributed by atoms with van der Waals surface area (Å²) in [7, 11) is 0. The first-order valence-corrected chi connectivity index (χ1v) is 10.5. The van der Waals surface area contributed by atoms with Crippen LogP contribution >= 0.6 is 23.1 Å². The van der Waals surface area contributed by atoms with Crippen LogP contribution in [0, 0.1) is 0 Å². The van der Waals surface area contributed by atoms with Crippen LogP contribution in [0.25, 0.3) is 10.2 Å². The highest BCUT2D eigenvalue weighted by Gasteiger charge is 2.22. The fraction of sp³-hybridized carbons (Fsp3) is 0.500.